The quantitative estimate of drug-likeness (QED) is 0.402. The van der Waals surface area contributed by atoms with Gasteiger partial charge in [-0.1, -0.05) is 13.3 Å². The summed E-state index contributed by atoms with van der Waals surface area (Å²) < 4.78 is 20.7. The maximum Gasteiger partial charge on any atom is 0.409 e. The molecule has 33 heavy (non-hydrogen) atoms. The van der Waals surface area contributed by atoms with Crippen molar-refractivity contribution in [3.63, 3.8) is 0 Å². The van der Waals surface area contributed by atoms with Crippen LogP contribution in [0.25, 0.3) is 0 Å². The van der Waals surface area contributed by atoms with Gasteiger partial charge in [0.15, 0.2) is 0 Å². The third-order valence-electron chi connectivity index (χ3n) is 6.14. The fraction of sp³-hybridized carbons (Fsp3) is 0.500. The average Bonchev–Trinajstić information content (AvgIpc) is 3.06. The summed E-state index contributed by atoms with van der Waals surface area (Å²) in [7, 11) is 0. The molecular formula is C22H25FN4O6. The zero-order valence-electron chi connectivity index (χ0n) is 18.3. The van der Waals surface area contributed by atoms with E-state index in [1.54, 1.807) is 11.0 Å². The molecule has 1 aromatic carbocycles. The number of anilines is 1. The van der Waals surface area contributed by atoms with E-state index < -0.39 is 35.8 Å². The lowest BCUT2D eigenvalue weighted by molar-refractivity contribution is -0.151. The Labute approximate surface area is 189 Å². The van der Waals surface area contributed by atoms with Crippen LogP contribution in [0, 0.1) is 0 Å². The van der Waals surface area contributed by atoms with E-state index in [4.69, 9.17) is 4.74 Å². The molecule has 0 aliphatic carbocycles. The highest BCUT2D eigenvalue weighted by Crippen LogP contribution is 2.36. The third-order valence-corrected chi connectivity index (χ3v) is 6.14. The number of nitrogens with one attached hydrogen (secondary N) is 1. The van der Waals surface area contributed by atoms with Crippen LogP contribution >= 0.6 is 0 Å². The molecule has 10 nitrogen and oxygen atoms in total. The van der Waals surface area contributed by atoms with Crippen LogP contribution < -0.4 is 10.2 Å². The lowest BCUT2D eigenvalue weighted by Gasteiger charge is -2.35. The predicted octanol–water partition coefficient (Wildman–Crippen LogP) is 1.44. The van der Waals surface area contributed by atoms with E-state index in [1.165, 1.54) is 12.1 Å². The molecule has 1 aromatic rings. The van der Waals surface area contributed by atoms with E-state index in [0.29, 0.717) is 43.4 Å². The second-order valence-corrected chi connectivity index (χ2v) is 8.25. The van der Waals surface area contributed by atoms with Gasteiger partial charge < -0.3 is 14.5 Å². The molecule has 1 atom stereocenters. The number of carbonyl (C=O) groups is 5. The number of rotatable bonds is 5. The van der Waals surface area contributed by atoms with Gasteiger partial charge in [0.2, 0.25) is 5.91 Å². The van der Waals surface area contributed by atoms with Crippen molar-refractivity contribution in [2.24, 2.45) is 0 Å². The number of nitrogens with zero attached hydrogens (tertiary/aromatic N) is 3. The first-order chi connectivity index (χ1) is 15.8. The summed E-state index contributed by atoms with van der Waals surface area (Å²) in [6.07, 6.45) is 0.497. The molecule has 4 rings (SSSR count). The maximum atomic E-state index is 15.5. The minimum Gasteiger partial charge on any atom is -0.449 e. The van der Waals surface area contributed by atoms with E-state index in [-0.39, 0.29) is 23.6 Å². The van der Waals surface area contributed by atoms with E-state index in [9.17, 15) is 24.0 Å². The van der Waals surface area contributed by atoms with Crippen LogP contribution in [0.5, 0.6) is 0 Å². The maximum absolute atomic E-state index is 15.5. The third kappa shape index (κ3) is 4.03. The lowest BCUT2D eigenvalue weighted by Crippen LogP contribution is -2.61. The number of amides is 5. The van der Waals surface area contributed by atoms with Crippen molar-refractivity contribution in [3.8, 4) is 0 Å². The number of alkyl halides is 1. The summed E-state index contributed by atoms with van der Waals surface area (Å²) in [5.74, 6) is -6.70. The summed E-state index contributed by atoms with van der Waals surface area (Å²) in [6, 6.07) is 4.59. The molecule has 5 amide bonds. The Balaban J connectivity index is 1.46. The second kappa shape index (κ2) is 8.80. The van der Waals surface area contributed by atoms with Gasteiger partial charge in [-0.15, -0.1) is 0 Å². The Morgan fingerprint density at radius 1 is 1.09 bits per heavy atom. The van der Waals surface area contributed by atoms with E-state index in [0.717, 1.165) is 12.8 Å². The highest BCUT2D eigenvalue weighted by Gasteiger charge is 2.56. The summed E-state index contributed by atoms with van der Waals surface area (Å²) >= 11 is 0. The Morgan fingerprint density at radius 3 is 2.45 bits per heavy atom. The minimum atomic E-state index is -2.91. The van der Waals surface area contributed by atoms with Crippen molar-refractivity contribution < 1.29 is 33.1 Å². The minimum absolute atomic E-state index is 0.000583. The first kappa shape index (κ1) is 22.7. The molecule has 11 heteroatoms. The van der Waals surface area contributed by atoms with E-state index in [1.807, 2.05) is 17.1 Å². The monoisotopic (exact) mass is 460 g/mol. The summed E-state index contributed by atoms with van der Waals surface area (Å²) in [6.45, 7) is 4.25. The second-order valence-electron chi connectivity index (χ2n) is 8.25. The number of carbonyl (C=O) groups excluding carboxylic acids is 5. The van der Waals surface area contributed by atoms with Crippen molar-refractivity contribution in [1.29, 1.82) is 0 Å². The van der Waals surface area contributed by atoms with Crippen LogP contribution in [-0.2, 0) is 14.3 Å². The van der Waals surface area contributed by atoms with Gasteiger partial charge in [-0.3, -0.25) is 24.5 Å². The number of ether oxygens (including phenoxy) is 1. The molecule has 176 valence electrons. The summed E-state index contributed by atoms with van der Waals surface area (Å²) in [5.41, 5.74) is 0.649. The Hall–Kier alpha value is -3.50. The Kier molecular flexibility index (Phi) is 6.05. The molecule has 0 bridgehead atoms. The molecule has 1 unspecified atom stereocenters. The van der Waals surface area contributed by atoms with Gasteiger partial charge in [0.25, 0.3) is 23.5 Å². The van der Waals surface area contributed by atoms with Gasteiger partial charge in [-0.25, -0.2) is 14.1 Å². The van der Waals surface area contributed by atoms with Crippen molar-refractivity contribution in [1.82, 2.24) is 15.1 Å². The number of hydrogen-bond donors (Lipinski definition) is 1. The van der Waals surface area contributed by atoms with Gasteiger partial charge in [0.05, 0.1) is 17.7 Å². The van der Waals surface area contributed by atoms with Crippen LogP contribution in [0.1, 0.15) is 53.3 Å². The van der Waals surface area contributed by atoms with Crippen molar-refractivity contribution >= 4 is 35.4 Å². The Bertz CT molecular complexity index is 1020. The van der Waals surface area contributed by atoms with Gasteiger partial charge in [0.1, 0.15) is 0 Å². The molecular weight excluding hydrogens is 435 g/mol. The predicted molar refractivity (Wildman–Crippen MR) is 113 cm³/mol. The highest BCUT2D eigenvalue weighted by molar-refractivity contribution is 6.24. The van der Waals surface area contributed by atoms with Gasteiger partial charge in [0, 0.05) is 44.7 Å². The largest absolute Gasteiger partial charge is 0.449 e. The summed E-state index contributed by atoms with van der Waals surface area (Å²) in [4.78, 5) is 65.3. The normalized spacial score (nSPS) is 23.0. The topological polar surface area (TPSA) is 116 Å². The molecule has 2 saturated heterocycles. The highest BCUT2D eigenvalue weighted by atomic mass is 19.1. The van der Waals surface area contributed by atoms with E-state index in [2.05, 4.69) is 0 Å². The molecule has 3 aliphatic rings. The number of hydrogen-bond acceptors (Lipinski definition) is 7. The number of benzene rings is 1. The fourth-order valence-corrected chi connectivity index (χ4v) is 4.18. The number of piperidine rings is 1. The zero-order chi connectivity index (χ0) is 23.8. The lowest BCUT2D eigenvalue weighted by atomic mass is 10.0. The first-order valence-corrected chi connectivity index (χ1v) is 11.0. The zero-order valence-corrected chi connectivity index (χ0v) is 18.3. The Morgan fingerprint density at radius 2 is 1.79 bits per heavy atom. The van der Waals surface area contributed by atoms with Crippen LogP contribution in [0.15, 0.2) is 18.2 Å². The smallest absolute Gasteiger partial charge is 0.409 e. The number of unbranched alkanes of at least 4 members (excludes halogenated alkanes) is 1. The fourth-order valence-electron chi connectivity index (χ4n) is 4.18. The SMILES string of the molecule is CCCCOC(=O)N1CCN(c2ccc3c(c2)C(=O)N(C2(F)CCC(=O)NC2=O)C3=O)CC1. The van der Waals surface area contributed by atoms with E-state index >= 15 is 4.39 Å². The molecule has 3 heterocycles. The number of piperazine rings is 1. The van der Waals surface area contributed by atoms with Crippen molar-refractivity contribution in [2.45, 2.75) is 38.4 Å². The molecule has 0 aromatic heterocycles. The van der Waals surface area contributed by atoms with Gasteiger partial charge in [-0.2, -0.15) is 0 Å². The molecule has 0 saturated carbocycles. The van der Waals surface area contributed by atoms with Gasteiger partial charge >= 0.3 is 6.09 Å². The van der Waals surface area contributed by atoms with Crippen LogP contribution in [0.3, 0.4) is 0 Å². The van der Waals surface area contributed by atoms with Gasteiger partial charge in [-0.05, 0) is 24.6 Å². The summed E-state index contributed by atoms with van der Waals surface area (Å²) in [5, 5.41) is 1.86. The molecule has 3 aliphatic heterocycles. The molecule has 2 fully saturated rings. The number of imide groups is 2. The van der Waals surface area contributed by atoms with Crippen molar-refractivity contribution in [2.75, 3.05) is 37.7 Å². The van der Waals surface area contributed by atoms with Crippen molar-refractivity contribution in [3.05, 3.63) is 29.3 Å². The standard InChI is InChI=1S/C22H25FN4O6/c1-2-3-12-33-21(32)26-10-8-25(9-11-26)14-4-5-15-16(13-14)19(30)27(18(15)29)22(23)7-6-17(28)24-20(22)31/h4-5,13H,2-3,6-12H2,1H3,(H,24,28,31). The molecule has 1 N–H and O–H groups in total. The number of halogens is 1. The van der Waals surface area contributed by atoms with Crippen LogP contribution in [0.4, 0.5) is 14.9 Å². The van der Waals surface area contributed by atoms with Crippen LogP contribution in [0.2, 0.25) is 0 Å². The average molecular weight is 460 g/mol. The molecule has 0 spiro atoms. The number of fused-ring (bicyclic) bond motifs is 1. The van der Waals surface area contributed by atoms with Crippen LogP contribution in [-0.4, -0.2) is 78.1 Å². The first-order valence-electron chi connectivity index (χ1n) is 11.0. The molecule has 0 radical (unpaired) electrons.